The van der Waals surface area contributed by atoms with Crippen molar-refractivity contribution >= 4 is 11.8 Å². The van der Waals surface area contributed by atoms with E-state index in [9.17, 15) is 20.0 Å². The van der Waals surface area contributed by atoms with E-state index in [2.05, 4.69) is 10.2 Å². The maximum atomic E-state index is 12.6. The Morgan fingerprint density at radius 3 is 3.00 bits per heavy atom. The highest BCUT2D eigenvalue weighted by Crippen LogP contribution is 2.53. The quantitative estimate of drug-likeness (QED) is 0.868. The van der Waals surface area contributed by atoms with Crippen LogP contribution in [0.15, 0.2) is 42.1 Å². The van der Waals surface area contributed by atoms with E-state index < -0.39 is 11.4 Å². The van der Waals surface area contributed by atoms with Gasteiger partial charge >= 0.3 is 5.97 Å². The number of Topliss-reactive ketones (excluding diaryl/α,β-unsaturated/α-hetero) is 1. The highest BCUT2D eigenvalue weighted by atomic mass is 16.4. The number of aryl methyl sites for hydroxylation is 1. The number of benzene rings is 1. The summed E-state index contributed by atoms with van der Waals surface area (Å²) in [5, 5.41) is 26.2. The van der Waals surface area contributed by atoms with Gasteiger partial charge in [0.1, 0.15) is 6.07 Å². The van der Waals surface area contributed by atoms with Crippen LogP contribution in [-0.2, 0) is 16.6 Å². The molecule has 3 atom stereocenters. The highest BCUT2D eigenvalue weighted by molar-refractivity contribution is 6.02. The number of H-pyrrole nitrogens is 1. The summed E-state index contributed by atoms with van der Waals surface area (Å²) in [6.07, 6.45) is 5.06. The van der Waals surface area contributed by atoms with Crippen LogP contribution < -0.4 is 0 Å². The standard InChI is InChI=1S/C20H17N3O3/c1-11-16-6-5-13-10-22-23-18(13)20(16,8-14(9-21)17(11)24)15-4-2-3-12(7-15)19(25)26/h2-4,7-8,10-11,16H,5-6H2,1H3,(H,22,23)(H,25,26). The molecule has 0 amide bonds. The van der Waals surface area contributed by atoms with Crippen LogP contribution in [0.1, 0.15) is 40.5 Å². The number of hydrogen-bond acceptors (Lipinski definition) is 4. The lowest BCUT2D eigenvalue weighted by Gasteiger charge is -2.47. The normalized spacial score (nSPS) is 27.1. The molecule has 0 saturated carbocycles. The Kier molecular flexibility index (Phi) is 3.55. The van der Waals surface area contributed by atoms with Crippen LogP contribution in [0.25, 0.3) is 0 Å². The highest BCUT2D eigenvalue weighted by Gasteiger charge is 2.52. The minimum atomic E-state index is -1.01. The predicted molar refractivity (Wildman–Crippen MR) is 92.4 cm³/mol. The summed E-state index contributed by atoms with van der Waals surface area (Å²) in [6.45, 7) is 1.86. The van der Waals surface area contributed by atoms with E-state index in [4.69, 9.17) is 0 Å². The minimum absolute atomic E-state index is 0.0657. The number of nitriles is 1. The first kappa shape index (κ1) is 16.3. The number of carboxylic acid groups (broad SMARTS) is 1. The molecule has 3 unspecified atom stereocenters. The lowest BCUT2D eigenvalue weighted by atomic mass is 9.54. The lowest BCUT2D eigenvalue weighted by Crippen LogP contribution is -2.48. The number of aromatic amines is 1. The monoisotopic (exact) mass is 347 g/mol. The number of rotatable bonds is 2. The topological polar surface area (TPSA) is 107 Å². The summed E-state index contributed by atoms with van der Waals surface area (Å²) in [7, 11) is 0. The third-order valence-corrected chi connectivity index (χ3v) is 5.80. The number of aromatic carboxylic acids is 1. The number of carboxylic acids is 1. The molecule has 2 aliphatic carbocycles. The van der Waals surface area contributed by atoms with E-state index in [0.717, 1.165) is 29.7 Å². The molecule has 6 heteroatoms. The molecule has 1 aromatic heterocycles. The Balaban J connectivity index is 2.07. The van der Waals surface area contributed by atoms with E-state index in [0.29, 0.717) is 0 Å². The number of hydrogen-bond donors (Lipinski definition) is 2. The number of nitrogens with one attached hydrogen (secondary N) is 1. The number of nitrogens with zero attached hydrogens (tertiary/aromatic N) is 2. The van der Waals surface area contributed by atoms with E-state index in [1.165, 1.54) is 0 Å². The molecule has 0 saturated heterocycles. The molecule has 0 spiro atoms. The number of allylic oxidation sites excluding steroid dienone is 2. The second kappa shape index (κ2) is 5.67. The molecular formula is C20H17N3O3. The molecule has 2 aliphatic rings. The molecule has 0 aliphatic heterocycles. The van der Waals surface area contributed by atoms with Crippen LogP contribution in [0.2, 0.25) is 0 Å². The Morgan fingerprint density at radius 2 is 2.27 bits per heavy atom. The van der Waals surface area contributed by atoms with Crippen LogP contribution >= 0.6 is 0 Å². The molecule has 4 rings (SSSR count). The SMILES string of the molecule is CC1C(=O)C(C#N)=CC2(c3cccc(C(=O)O)c3)c3[nH]ncc3CCC12. The van der Waals surface area contributed by atoms with Crippen LogP contribution in [0.4, 0.5) is 0 Å². The molecule has 130 valence electrons. The van der Waals surface area contributed by atoms with Gasteiger partial charge < -0.3 is 5.11 Å². The van der Waals surface area contributed by atoms with Gasteiger partial charge in [-0.3, -0.25) is 9.89 Å². The molecular weight excluding hydrogens is 330 g/mol. The second-order valence-corrected chi connectivity index (χ2v) is 6.99. The van der Waals surface area contributed by atoms with Gasteiger partial charge in [-0.25, -0.2) is 4.79 Å². The van der Waals surface area contributed by atoms with Crippen molar-refractivity contribution in [2.24, 2.45) is 11.8 Å². The van der Waals surface area contributed by atoms with Gasteiger partial charge in [0.2, 0.25) is 0 Å². The maximum absolute atomic E-state index is 12.6. The zero-order chi connectivity index (χ0) is 18.5. The Labute approximate surface area is 150 Å². The fraction of sp³-hybridized carbons (Fsp3) is 0.300. The smallest absolute Gasteiger partial charge is 0.335 e. The molecule has 0 radical (unpaired) electrons. The van der Waals surface area contributed by atoms with Crippen molar-refractivity contribution in [2.45, 2.75) is 25.2 Å². The van der Waals surface area contributed by atoms with Gasteiger partial charge in [-0.2, -0.15) is 10.4 Å². The Hall–Kier alpha value is -3.20. The fourth-order valence-corrected chi connectivity index (χ4v) is 4.57. The van der Waals surface area contributed by atoms with E-state index in [1.807, 2.05) is 19.1 Å². The Morgan fingerprint density at radius 1 is 1.46 bits per heavy atom. The third-order valence-electron chi connectivity index (χ3n) is 5.80. The first-order valence-corrected chi connectivity index (χ1v) is 8.52. The average molecular weight is 347 g/mol. The molecule has 2 N–H and O–H groups in total. The van der Waals surface area contributed by atoms with E-state index >= 15 is 0 Å². The fourth-order valence-electron chi connectivity index (χ4n) is 4.57. The zero-order valence-corrected chi connectivity index (χ0v) is 14.2. The van der Waals surface area contributed by atoms with Crippen molar-refractivity contribution in [3.8, 4) is 6.07 Å². The summed E-state index contributed by atoms with van der Waals surface area (Å²) in [6, 6.07) is 8.78. The lowest BCUT2D eigenvalue weighted by molar-refractivity contribution is -0.121. The first-order chi connectivity index (χ1) is 12.5. The first-order valence-electron chi connectivity index (χ1n) is 8.52. The largest absolute Gasteiger partial charge is 0.478 e. The van der Waals surface area contributed by atoms with Gasteiger partial charge in [-0.05, 0) is 48.1 Å². The Bertz CT molecular complexity index is 998. The number of carbonyl (C=O) groups is 2. The maximum Gasteiger partial charge on any atom is 0.335 e. The van der Waals surface area contributed by atoms with Crippen LogP contribution in [0, 0.1) is 23.2 Å². The number of aromatic nitrogens is 2. The second-order valence-electron chi connectivity index (χ2n) is 6.99. The number of fused-ring (bicyclic) bond motifs is 3. The van der Waals surface area contributed by atoms with Gasteiger partial charge in [0.25, 0.3) is 0 Å². The van der Waals surface area contributed by atoms with Crippen molar-refractivity contribution in [3.05, 3.63) is 64.5 Å². The van der Waals surface area contributed by atoms with Crippen molar-refractivity contribution in [3.63, 3.8) is 0 Å². The van der Waals surface area contributed by atoms with Crippen molar-refractivity contribution < 1.29 is 14.7 Å². The zero-order valence-electron chi connectivity index (χ0n) is 14.2. The summed E-state index contributed by atoms with van der Waals surface area (Å²) in [4.78, 5) is 24.1. The summed E-state index contributed by atoms with van der Waals surface area (Å²) >= 11 is 0. The van der Waals surface area contributed by atoms with Crippen LogP contribution in [-0.4, -0.2) is 27.1 Å². The van der Waals surface area contributed by atoms with Crippen molar-refractivity contribution in [1.29, 1.82) is 5.26 Å². The van der Waals surface area contributed by atoms with Crippen molar-refractivity contribution in [1.82, 2.24) is 10.2 Å². The molecule has 2 aromatic rings. The number of ketones is 1. The molecule has 1 aromatic carbocycles. The minimum Gasteiger partial charge on any atom is -0.478 e. The predicted octanol–water partition coefficient (Wildman–Crippen LogP) is 2.63. The van der Waals surface area contributed by atoms with Gasteiger partial charge in [-0.15, -0.1) is 0 Å². The molecule has 0 fully saturated rings. The molecule has 0 bridgehead atoms. The number of carbonyl (C=O) groups excluding carboxylic acids is 1. The van der Waals surface area contributed by atoms with Gasteiger partial charge in [-0.1, -0.05) is 19.1 Å². The molecule has 1 heterocycles. The summed E-state index contributed by atoms with van der Waals surface area (Å²) < 4.78 is 0. The van der Waals surface area contributed by atoms with Crippen molar-refractivity contribution in [2.75, 3.05) is 0 Å². The van der Waals surface area contributed by atoms with E-state index in [1.54, 1.807) is 30.5 Å². The van der Waals surface area contributed by atoms with E-state index in [-0.39, 0.29) is 28.8 Å². The van der Waals surface area contributed by atoms with Gasteiger partial charge in [0.15, 0.2) is 5.78 Å². The molecule has 26 heavy (non-hydrogen) atoms. The van der Waals surface area contributed by atoms with Crippen LogP contribution in [0.3, 0.4) is 0 Å². The summed E-state index contributed by atoms with van der Waals surface area (Å²) in [5.74, 6) is -1.56. The van der Waals surface area contributed by atoms with Gasteiger partial charge in [0, 0.05) is 5.92 Å². The molecule has 6 nitrogen and oxygen atoms in total. The summed E-state index contributed by atoms with van der Waals surface area (Å²) in [5.41, 5.74) is 2.20. The third kappa shape index (κ3) is 2.07. The van der Waals surface area contributed by atoms with Gasteiger partial charge in [0.05, 0.1) is 28.4 Å². The average Bonchev–Trinajstić information content (AvgIpc) is 3.14. The van der Waals surface area contributed by atoms with Crippen LogP contribution in [0.5, 0.6) is 0 Å².